The van der Waals surface area contributed by atoms with Crippen molar-refractivity contribution >= 4 is 6.08 Å². The van der Waals surface area contributed by atoms with Gasteiger partial charge in [0.05, 0.1) is 6.54 Å². The number of rotatable bonds is 4. The predicted molar refractivity (Wildman–Crippen MR) is 45.4 cm³/mol. The van der Waals surface area contributed by atoms with Gasteiger partial charge in [0.15, 0.2) is 0 Å². The predicted octanol–water partition coefficient (Wildman–Crippen LogP) is 1.24. The Morgan fingerprint density at radius 3 is 2.92 bits per heavy atom. The maximum Gasteiger partial charge on any atom is 0.286 e. The van der Waals surface area contributed by atoms with Crippen LogP contribution in [0.25, 0.3) is 0 Å². The Balaban J connectivity index is 2.20. The topological polar surface area (TPSA) is 62.4 Å². The quantitative estimate of drug-likeness (QED) is 0.371. The summed E-state index contributed by atoms with van der Waals surface area (Å²) >= 11 is 0. The van der Waals surface area contributed by atoms with Crippen LogP contribution in [0.5, 0.6) is 0 Å². The van der Waals surface area contributed by atoms with Crippen molar-refractivity contribution in [3.8, 4) is 6.26 Å². The van der Waals surface area contributed by atoms with Crippen LogP contribution in [0.4, 0.5) is 0 Å². The Morgan fingerprint density at radius 1 is 1.46 bits per heavy atom. The van der Waals surface area contributed by atoms with Gasteiger partial charge in [-0.3, -0.25) is 0 Å². The van der Waals surface area contributed by atoms with Crippen LogP contribution in [-0.4, -0.2) is 19.2 Å². The van der Waals surface area contributed by atoms with Crippen LogP contribution in [-0.2, 0) is 9.53 Å². The Bertz CT molecular complexity index is 240. The highest BCUT2D eigenvalue weighted by molar-refractivity contribution is 5.32. The maximum absolute atomic E-state index is 9.86. The van der Waals surface area contributed by atoms with Crippen LogP contribution in [0.15, 0.2) is 4.99 Å². The summed E-state index contributed by atoms with van der Waals surface area (Å²) in [5.74, 6) is 0.945. The van der Waals surface area contributed by atoms with Crippen molar-refractivity contribution in [3.05, 3.63) is 0 Å². The summed E-state index contributed by atoms with van der Waals surface area (Å²) in [6.45, 7) is 1.09. The third-order valence-electron chi connectivity index (χ3n) is 2.45. The average Bonchev–Trinajstić information content (AvgIpc) is 2.59. The Labute approximate surface area is 77.2 Å². The molecular weight excluding hydrogens is 168 g/mol. The number of nitriles is 1. The van der Waals surface area contributed by atoms with Gasteiger partial charge in [0.25, 0.3) is 6.26 Å². The van der Waals surface area contributed by atoms with Gasteiger partial charge in [0.2, 0.25) is 6.08 Å². The molecule has 0 bridgehead atoms. The highest BCUT2D eigenvalue weighted by atomic mass is 16.5. The molecule has 1 saturated carbocycles. The molecular formula is C9H12N2O2. The van der Waals surface area contributed by atoms with E-state index in [2.05, 4.69) is 9.73 Å². The summed E-state index contributed by atoms with van der Waals surface area (Å²) in [5.41, 5.74) is 0. The zero-order valence-corrected chi connectivity index (χ0v) is 7.40. The molecule has 4 heteroatoms. The van der Waals surface area contributed by atoms with Gasteiger partial charge in [-0.15, -0.1) is 0 Å². The number of ether oxygens (including phenoxy) is 1. The van der Waals surface area contributed by atoms with Gasteiger partial charge in [-0.05, 0) is 31.1 Å². The van der Waals surface area contributed by atoms with E-state index < -0.39 is 0 Å². The molecule has 2 atom stereocenters. The first-order valence-electron chi connectivity index (χ1n) is 4.41. The molecule has 0 aromatic heterocycles. The SMILES string of the molecule is N#COCC1CCC(CN=C=O)C1. The first-order valence-corrected chi connectivity index (χ1v) is 4.41. The molecule has 0 radical (unpaired) electrons. The standard InChI is InChI=1S/C9H12N2O2/c10-6-13-5-9-2-1-8(3-9)4-11-7-12/h8-9H,1-5H2. The number of hydrogen-bond donors (Lipinski definition) is 0. The zero-order chi connectivity index (χ0) is 9.52. The summed E-state index contributed by atoms with van der Waals surface area (Å²) in [7, 11) is 0. The van der Waals surface area contributed by atoms with Crippen molar-refractivity contribution in [2.75, 3.05) is 13.2 Å². The summed E-state index contributed by atoms with van der Waals surface area (Å²) < 4.78 is 4.67. The van der Waals surface area contributed by atoms with Crippen molar-refractivity contribution < 1.29 is 9.53 Å². The van der Waals surface area contributed by atoms with E-state index >= 15 is 0 Å². The molecule has 0 aromatic carbocycles. The number of hydrogen-bond acceptors (Lipinski definition) is 4. The van der Waals surface area contributed by atoms with Crippen molar-refractivity contribution in [1.82, 2.24) is 0 Å². The normalized spacial score (nSPS) is 26.1. The molecule has 0 spiro atoms. The van der Waals surface area contributed by atoms with E-state index in [1.807, 2.05) is 0 Å². The summed E-state index contributed by atoms with van der Waals surface area (Å²) in [6.07, 6.45) is 6.36. The van der Waals surface area contributed by atoms with Crippen molar-refractivity contribution in [2.45, 2.75) is 19.3 Å². The molecule has 0 N–H and O–H groups in total. The smallest absolute Gasteiger partial charge is 0.286 e. The summed E-state index contributed by atoms with van der Waals surface area (Å²) in [6, 6.07) is 0. The van der Waals surface area contributed by atoms with Crippen LogP contribution in [0, 0.1) is 23.4 Å². The fourth-order valence-corrected chi connectivity index (χ4v) is 1.82. The average molecular weight is 180 g/mol. The van der Waals surface area contributed by atoms with E-state index in [0.717, 1.165) is 19.3 Å². The van der Waals surface area contributed by atoms with E-state index in [-0.39, 0.29) is 0 Å². The van der Waals surface area contributed by atoms with E-state index in [4.69, 9.17) is 5.26 Å². The second-order valence-electron chi connectivity index (χ2n) is 3.38. The minimum atomic E-state index is 0.464. The van der Waals surface area contributed by atoms with E-state index in [1.54, 1.807) is 12.3 Å². The molecule has 4 nitrogen and oxygen atoms in total. The molecule has 0 saturated heterocycles. The van der Waals surface area contributed by atoms with Crippen molar-refractivity contribution in [3.63, 3.8) is 0 Å². The lowest BCUT2D eigenvalue weighted by atomic mass is 10.1. The van der Waals surface area contributed by atoms with Crippen LogP contribution in [0.2, 0.25) is 0 Å². The van der Waals surface area contributed by atoms with Crippen LogP contribution >= 0.6 is 0 Å². The van der Waals surface area contributed by atoms with Gasteiger partial charge in [-0.2, -0.15) is 5.26 Å². The Morgan fingerprint density at radius 2 is 2.23 bits per heavy atom. The molecule has 0 aromatic rings. The molecule has 1 aliphatic rings. The lowest BCUT2D eigenvalue weighted by Gasteiger charge is -2.06. The highest BCUT2D eigenvalue weighted by Gasteiger charge is 2.24. The van der Waals surface area contributed by atoms with E-state index in [9.17, 15) is 4.79 Å². The van der Waals surface area contributed by atoms with Gasteiger partial charge < -0.3 is 4.74 Å². The molecule has 1 aliphatic carbocycles. The van der Waals surface area contributed by atoms with Crippen LogP contribution in [0.3, 0.4) is 0 Å². The maximum atomic E-state index is 9.86. The zero-order valence-electron chi connectivity index (χ0n) is 7.40. The molecule has 13 heavy (non-hydrogen) atoms. The molecule has 0 aliphatic heterocycles. The molecule has 0 heterocycles. The number of carbonyl (C=O) groups excluding carboxylic acids is 1. The minimum absolute atomic E-state index is 0.464. The molecule has 2 unspecified atom stereocenters. The fourth-order valence-electron chi connectivity index (χ4n) is 1.82. The van der Waals surface area contributed by atoms with Gasteiger partial charge in [0, 0.05) is 0 Å². The lowest BCUT2D eigenvalue weighted by molar-refractivity contribution is 0.211. The lowest BCUT2D eigenvalue weighted by Crippen LogP contribution is -2.05. The van der Waals surface area contributed by atoms with Crippen LogP contribution < -0.4 is 0 Å². The van der Waals surface area contributed by atoms with Crippen molar-refractivity contribution in [2.24, 2.45) is 16.8 Å². The van der Waals surface area contributed by atoms with Gasteiger partial charge in [-0.25, -0.2) is 9.79 Å². The Kier molecular flexibility index (Phi) is 4.01. The summed E-state index contributed by atoms with van der Waals surface area (Å²) in [5, 5.41) is 8.19. The second kappa shape index (κ2) is 5.34. The van der Waals surface area contributed by atoms with Crippen molar-refractivity contribution in [1.29, 1.82) is 5.26 Å². The number of isocyanates is 1. The third-order valence-corrected chi connectivity index (χ3v) is 2.45. The van der Waals surface area contributed by atoms with Gasteiger partial charge in [0.1, 0.15) is 6.61 Å². The second-order valence-corrected chi connectivity index (χ2v) is 3.38. The molecule has 1 rings (SSSR count). The van der Waals surface area contributed by atoms with E-state index in [1.165, 1.54) is 0 Å². The molecule has 1 fully saturated rings. The number of nitrogens with zero attached hydrogens (tertiary/aromatic N) is 2. The third kappa shape index (κ3) is 3.27. The number of aliphatic imine (C=N–C) groups is 1. The Hall–Kier alpha value is -1.33. The molecule has 0 amide bonds. The van der Waals surface area contributed by atoms with Gasteiger partial charge >= 0.3 is 0 Å². The largest absolute Gasteiger partial charge is 0.427 e. The molecule has 70 valence electrons. The first-order chi connectivity index (χ1) is 6.36. The van der Waals surface area contributed by atoms with Gasteiger partial charge in [-0.1, -0.05) is 0 Å². The highest BCUT2D eigenvalue weighted by Crippen LogP contribution is 2.30. The first kappa shape index (κ1) is 9.76. The fraction of sp³-hybridized carbons (Fsp3) is 0.778. The minimum Gasteiger partial charge on any atom is -0.427 e. The van der Waals surface area contributed by atoms with E-state index in [0.29, 0.717) is 25.0 Å². The van der Waals surface area contributed by atoms with Crippen LogP contribution in [0.1, 0.15) is 19.3 Å². The monoisotopic (exact) mass is 180 g/mol. The summed E-state index contributed by atoms with van der Waals surface area (Å²) in [4.78, 5) is 13.4.